The molecule has 0 aliphatic heterocycles. The summed E-state index contributed by atoms with van der Waals surface area (Å²) in [6, 6.07) is 7.89. The third-order valence-corrected chi connectivity index (χ3v) is 3.28. The van der Waals surface area contributed by atoms with Gasteiger partial charge in [0.25, 0.3) is 0 Å². The highest BCUT2D eigenvalue weighted by atomic mass is 79.9. The molecule has 1 aromatic carbocycles. The lowest BCUT2D eigenvalue weighted by Gasteiger charge is -2.02. The summed E-state index contributed by atoms with van der Waals surface area (Å²) in [6.07, 6.45) is 1.02. The Morgan fingerprint density at radius 1 is 1.47 bits per heavy atom. The minimum Gasteiger partial charge on any atom is -0.385 e. The molecule has 1 rings (SSSR count). The van der Waals surface area contributed by atoms with E-state index in [1.165, 1.54) is 0 Å². The number of benzene rings is 1. The van der Waals surface area contributed by atoms with E-state index in [2.05, 4.69) is 22.0 Å². The van der Waals surface area contributed by atoms with Crippen molar-refractivity contribution in [3.8, 4) is 6.07 Å². The van der Waals surface area contributed by atoms with Crippen LogP contribution >= 0.6 is 27.7 Å². The molecule has 0 heterocycles. The lowest BCUT2D eigenvalue weighted by atomic mass is 10.2. The summed E-state index contributed by atoms with van der Waals surface area (Å²) in [6.45, 7) is 0.784. The Balaban J connectivity index is 2.54. The lowest BCUT2D eigenvalue weighted by molar-refractivity contribution is 0.200. The molecule has 0 fully saturated rings. The normalized spacial score (nSPS) is 9.93. The van der Waals surface area contributed by atoms with Gasteiger partial charge in [0.2, 0.25) is 0 Å². The van der Waals surface area contributed by atoms with E-state index >= 15 is 0 Å². The highest BCUT2D eigenvalue weighted by Crippen LogP contribution is 2.24. The van der Waals surface area contributed by atoms with Gasteiger partial charge in [0.15, 0.2) is 0 Å². The van der Waals surface area contributed by atoms with Crippen molar-refractivity contribution in [2.24, 2.45) is 0 Å². The van der Waals surface area contributed by atoms with E-state index in [1.54, 1.807) is 18.9 Å². The van der Waals surface area contributed by atoms with E-state index in [0.29, 0.717) is 5.56 Å². The molecule has 0 bridgehead atoms. The molecule has 0 spiro atoms. The number of ether oxygens (including phenoxy) is 1. The van der Waals surface area contributed by atoms with Crippen LogP contribution in [0.25, 0.3) is 0 Å². The van der Waals surface area contributed by atoms with Crippen LogP contribution in [0.1, 0.15) is 12.0 Å². The van der Waals surface area contributed by atoms with Crippen LogP contribution in [0.5, 0.6) is 0 Å². The number of halogens is 1. The molecular formula is C11H12BrNOS. The summed E-state index contributed by atoms with van der Waals surface area (Å²) >= 11 is 5.13. The number of rotatable bonds is 5. The Labute approximate surface area is 103 Å². The summed E-state index contributed by atoms with van der Waals surface area (Å²) in [5.74, 6) is 1.01. The first kappa shape index (κ1) is 12.6. The monoisotopic (exact) mass is 285 g/mol. The number of hydrogen-bond donors (Lipinski definition) is 0. The second-order valence-corrected chi connectivity index (χ2v) is 5.07. The van der Waals surface area contributed by atoms with Gasteiger partial charge in [-0.15, -0.1) is 11.8 Å². The molecule has 0 saturated heterocycles. The average Bonchev–Trinajstić information content (AvgIpc) is 2.23. The predicted molar refractivity (Wildman–Crippen MR) is 66.1 cm³/mol. The van der Waals surface area contributed by atoms with Crippen LogP contribution in [0, 0.1) is 11.3 Å². The molecule has 0 atom stereocenters. The molecule has 4 heteroatoms. The first-order valence-electron chi connectivity index (χ1n) is 4.58. The van der Waals surface area contributed by atoms with Crippen LogP contribution in [0.15, 0.2) is 27.6 Å². The quantitative estimate of drug-likeness (QED) is 0.614. The van der Waals surface area contributed by atoms with Gasteiger partial charge >= 0.3 is 0 Å². The van der Waals surface area contributed by atoms with Gasteiger partial charge in [-0.05, 0) is 24.6 Å². The molecule has 0 aliphatic rings. The van der Waals surface area contributed by atoms with Crippen LogP contribution in [0.3, 0.4) is 0 Å². The number of nitrogens with zero attached hydrogens (tertiary/aromatic N) is 1. The Kier molecular flexibility index (Phi) is 5.77. The Morgan fingerprint density at radius 3 is 2.93 bits per heavy atom. The first-order chi connectivity index (χ1) is 7.26. The smallest absolute Gasteiger partial charge is 0.0992 e. The molecule has 0 unspecified atom stereocenters. The maximum absolute atomic E-state index is 8.80. The van der Waals surface area contributed by atoms with Crippen molar-refractivity contribution >= 4 is 27.7 Å². The predicted octanol–water partition coefficient (Wildman–Crippen LogP) is 3.45. The largest absolute Gasteiger partial charge is 0.385 e. The third kappa shape index (κ3) is 4.70. The standard InChI is InChI=1S/C11H12BrNOS/c1-14-3-2-4-15-11-6-9(8-13)5-10(12)7-11/h5-7H,2-4H2,1H3. The van der Waals surface area contributed by atoms with Crippen LogP contribution in [0.2, 0.25) is 0 Å². The zero-order chi connectivity index (χ0) is 11.1. The maximum Gasteiger partial charge on any atom is 0.0992 e. The molecule has 80 valence electrons. The second-order valence-electron chi connectivity index (χ2n) is 2.98. The lowest BCUT2D eigenvalue weighted by Crippen LogP contribution is -1.90. The fourth-order valence-corrected chi connectivity index (χ4v) is 2.67. The second kappa shape index (κ2) is 6.89. The molecule has 0 N–H and O–H groups in total. The zero-order valence-electron chi connectivity index (χ0n) is 8.50. The molecule has 2 nitrogen and oxygen atoms in total. The van der Waals surface area contributed by atoms with Crippen molar-refractivity contribution in [1.82, 2.24) is 0 Å². The number of methoxy groups -OCH3 is 1. The summed E-state index contributed by atoms with van der Waals surface area (Å²) in [7, 11) is 1.71. The molecule has 0 radical (unpaired) electrons. The number of nitriles is 1. The van der Waals surface area contributed by atoms with Gasteiger partial charge in [-0.2, -0.15) is 5.26 Å². The van der Waals surface area contributed by atoms with Gasteiger partial charge in [-0.1, -0.05) is 15.9 Å². The Bertz CT molecular complexity index is 362. The van der Waals surface area contributed by atoms with Crippen molar-refractivity contribution in [2.75, 3.05) is 19.5 Å². The van der Waals surface area contributed by atoms with E-state index in [4.69, 9.17) is 10.00 Å². The van der Waals surface area contributed by atoms with Gasteiger partial charge in [-0.25, -0.2) is 0 Å². The highest BCUT2D eigenvalue weighted by Gasteiger charge is 1.99. The summed E-state index contributed by atoms with van der Waals surface area (Å²) in [4.78, 5) is 1.12. The minimum absolute atomic E-state index is 0.693. The van der Waals surface area contributed by atoms with Crippen LogP contribution < -0.4 is 0 Å². The van der Waals surface area contributed by atoms with Crippen molar-refractivity contribution in [2.45, 2.75) is 11.3 Å². The van der Waals surface area contributed by atoms with Crippen LogP contribution in [0.4, 0.5) is 0 Å². The summed E-state index contributed by atoms with van der Waals surface area (Å²) in [5.41, 5.74) is 0.693. The van der Waals surface area contributed by atoms with E-state index < -0.39 is 0 Å². The van der Waals surface area contributed by atoms with Crippen LogP contribution in [-0.4, -0.2) is 19.5 Å². The van der Waals surface area contributed by atoms with Gasteiger partial charge < -0.3 is 4.74 Å². The van der Waals surface area contributed by atoms with E-state index in [9.17, 15) is 0 Å². The topological polar surface area (TPSA) is 33.0 Å². The fraction of sp³-hybridized carbons (Fsp3) is 0.364. The minimum atomic E-state index is 0.693. The molecule has 0 aliphatic carbocycles. The van der Waals surface area contributed by atoms with Gasteiger partial charge in [0.05, 0.1) is 11.6 Å². The van der Waals surface area contributed by atoms with Gasteiger partial charge in [-0.3, -0.25) is 0 Å². The third-order valence-electron chi connectivity index (χ3n) is 1.76. The molecular weight excluding hydrogens is 274 g/mol. The molecule has 0 saturated carbocycles. The molecule has 0 amide bonds. The van der Waals surface area contributed by atoms with Crippen molar-refractivity contribution < 1.29 is 4.74 Å². The Morgan fingerprint density at radius 2 is 2.27 bits per heavy atom. The van der Waals surface area contributed by atoms with E-state index in [-0.39, 0.29) is 0 Å². The zero-order valence-corrected chi connectivity index (χ0v) is 10.9. The van der Waals surface area contributed by atoms with Crippen molar-refractivity contribution in [3.63, 3.8) is 0 Å². The fourth-order valence-electron chi connectivity index (χ4n) is 1.10. The molecule has 1 aromatic rings. The number of hydrogen-bond acceptors (Lipinski definition) is 3. The number of thioether (sulfide) groups is 1. The highest BCUT2D eigenvalue weighted by molar-refractivity contribution is 9.10. The molecule has 0 aromatic heterocycles. The summed E-state index contributed by atoms with van der Waals surface area (Å²) in [5, 5.41) is 8.80. The Hall–Kier alpha value is -0.500. The summed E-state index contributed by atoms with van der Waals surface area (Å²) < 4.78 is 5.93. The van der Waals surface area contributed by atoms with Crippen molar-refractivity contribution in [3.05, 3.63) is 28.2 Å². The van der Waals surface area contributed by atoms with E-state index in [1.807, 2.05) is 18.2 Å². The molecule has 15 heavy (non-hydrogen) atoms. The van der Waals surface area contributed by atoms with Crippen LogP contribution in [-0.2, 0) is 4.74 Å². The van der Waals surface area contributed by atoms with Gasteiger partial charge in [0.1, 0.15) is 0 Å². The SMILES string of the molecule is COCCCSc1cc(Br)cc(C#N)c1. The van der Waals surface area contributed by atoms with E-state index in [0.717, 1.165) is 28.1 Å². The van der Waals surface area contributed by atoms with Crippen molar-refractivity contribution in [1.29, 1.82) is 5.26 Å². The average molecular weight is 286 g/mol. The first-order valence-corrected chi connectivity index (χ1v) is 6.36. The van der Waals surface area contributed by atoms with Gasteiger partial charge in [0, 0.05) is 28.8 Å². The maximum atomic E-state index is 8.80.